The summed E-state index contributed by atoms with van der Waals surface area (Å²) in [6.07, 6.45) is 2.11. The Morgan fingerprint density at radius 2 is 2.11 bits per heavy atom. The van der Waals surface area contributed by atoms with Crippen LogP contribution in [0.1, 0.15) is 29.3 Å². The average Bonchev–Trinajstić information content (AvgIpc) is 2.82. The fourth-order valence-corrected chi connectivity index (χ4v) is 2.80. The highest BCUT2D eigenvalue weighted by Crippen LogP contribution is 2.17. The lowest BCUT2D eigenvalue weighted by Crippen LogP contribution is -2.09. The average molecular weight is 263 g/mol. The number of nitrogens with zero attached hydrogens (tertiary/aromatic N) is 2. The molecular weight excluding hydrogens is 242 g/mol. The van der Waals surface area contributed by atoms with Crippen molar-refractivity contribution in [3.8, 4) is 0 Å². The molecule has 1 N–H and O–H groups in total. The van der Waals surface area contributed by atoms with Gasteiger partial charge in [0, 0.05) is 22.5 Å². The van der Waals surface area contributed by atoms with Gasteiger partial charge in [0.1, 0.15) is 0 Å². The number of anilines is 1. The molecule has 0 bridgehead atoms. The first kappa shape index (κ1) is 13.1. The lowest BCUT2D eigenvalue weighted by atomic mass is 10.2. The zero-order chi connectivity index (χ0) is 13.1. The Bertz CT molecular complexity index is 511. The lowest BCUT2D eigenvalue weighted by molar-refractivity contribution is 0.526. The van der Waals surface area contributed by atoms with Crippen LogP contribution in [0.25, 0.3) is 0 Å². The van der Waals surface area contributed by atoms with Gasteiger partial charge in [-0.25, -0.2) is 4.98 Å². The summed E-state index contributed by atoms with van der Waals surface area (Å²) in [5.41, 5.74) is 1.07. The molecule has 0 aliphatic heterocycles. The van der Waals surface area contributed by atoms with Crippen molar-refractivity contribution < 1.29 is 0 Å². The van der Waals surface area contributed by atoms with Crippen LogP contribution in [0.4, 0.5) is 5.95 Å². The minimum atomic E-state index is 0.628. The largest absolute Gasteiger partial charge is 0.351 e. The molecule has 0 saturated carbocycles. The van der Waals surface area contributed by atoms with Crippen LogP contribution in [0.5, 0.6) is 0 Å². The van der Waals surface area contributed by atoms with Gasteiger partial charge in [0.05, 0.1) is 12.2 Å². The van der Waals surface area contributed by atoms with E-state index in [-0.39, 0.29) is 0 Å². The first-order valence-corrected chi connectivity index (χ1v) is 7.19. The second-order valence-corrected chi connectivity index (χ2v) is 6.49. The van der Waals surface area contributed by atoms with E-state index in [2.05, 4.69) is 54.0 Å². The van der Waals surface area contributed by atoms with Gasteiger partial charge in [-0.3, -0.25) is 0 Å². The van der Waals surface area contributed by atoms with Crippen molar-refractivity contribution in [3.05, 3.63) is 33.8 Å². The Balaban J connectivity index is 2.04. The van der Waals surface area contributed by atoms with Gasteiger partial charge in [-0.05, 0) is 31.9 Å². The van der Waals surface area contributed by atoms with E-state index < -0.39 is 0 Å². The summed E-state index contributed by atoms with van der Waals surface area (Å²) < 4.78 is 2.21. The van der Waals surface area contributed by atoms with E-state index in [0.717, 1.165) is 24.7 Å². The highest BCUT2D eigenvalue weighted by molar-refractivity contribution is 7.11. The van der Waals surface area contributed by atoms with Crippen LogP contribution in [-0.2, 0) is 13.1 Å². The van der Waals surface area contributed by atoms with Crippen molar-refractivity contribution in [2.45, 2.75) is 40.8 Å². The van der Waals surface area contributed by atoms with Crippen molar-refractivity contribution in [1.29, 1.82) is 0 Å². The standard InChI is InChI=1S/C14H21N3S/c1-10(2)8-17-9-11(3)16-14(17)15-7-13-6-5-12(4)18-13/h5-6,9-10H,7-8H2,1-4H3,(H,15,16). The summed E-state index contributed by atoms with van der Waals surface area (Å²) in [4.78, 5) is 7.25. The minimum absolute atomic E-state index is 0.628. The molecule has 18 heavy (non-hydrogen) atoms. The third-order valence-corrected chi connectivity index (χ3v) is 3.68. The third-order valence-electron chi connectivity index (χ3n) is 2.68. The molecule has 0 atom stereocenters. The maximum atomic E-state index is 4.54. The summed E-state index contributed by atoms with van der Waals surface area (Å²) in [7, 11) is 0. The Morgan fingerprint density at radius 1 is 1.33 bits per heavy atom. The van der Waals surface area contributed by atoms with Crippen LogP contribution in [0, 0.1) is 19.8 Å². The summed E-state index contributed by atoms with van der Waals surface area (Å²) in [6, 6.07) is 4.34. The van der Waals surface area contributed by atoms with Gasteiger partial charge in [0.15, 0.2) is 0 Å². The SMILES string of the molecule is Cc1cn(CC(C)C)c(NCc2ccc(C)s2)n1. The minimum Gasteiger partial charge on any atom is -0.351 e. The zero-order valence-corrected chi connectivity index (χ0v) is 12.3. The molecule has 0 unspecified atom stereocenters. The van der Waals surface area contributed by atoms with Crippen molar-refractivity contribution in [3.63, 3.8) is 0 Å². The van der Waals surface area contributed by atoms with Gasteiger partial charge in [0.2, 0.25) is 5.95 Å². The zero-order valence-electron chi connectivity index (χ0n) is 11.5. The molecule has 2 heterocycles. The van der Waals surface area contributed by atoms with Gasteiger partial charge >= 0.3 is 0 Å². The first-order valence-electron chi connectivity index (χ1n) is 6.37. The summed E-state index contributed by atoms with van der Waals surface area (Å²) in [6.45, 7) is 10.5. The number of thiophene rings is 1. The maximum Gasteiger partial charge on any atom is 0.203 e. The van der Waals surface area contributed by atoms with E-state index in [9.17, 15) is 0 Å². The summed E-state index contributed by atoms with van der Waals surface area (Å²) >= 11 is 1.83. The van der Waals surface area contributed by atoms with Gasteiger partial charge in [-0.1, -0.05) is 13.8 Å². The third kappa shape index (κ3) is 3.35. The second kappa shape index (κ2) is 5.57. The molecular formula is C14H21N3S. The first-order chi connectivity index (χ1) is 8.54. The van der Waals surface area contributed by atoms with Crippen LogP contribution in [0.3, 0.4) is 0 Å². The number of aromatic nitrogens is 2. The van der Waals surface area contributed by atoms with Crippen molar-refractivity contribution in [1.82, 2.24) is 9.55 Å². The molecule has 0 spiro atoms. The number of imidazole rings is 1. The Morgan fingerprint density at radius 3 is 2.72 bits per heavy atom. The van der Waals surface area contributed by atoms with Crippen LogP contribution < -0.4 is 5.32 Å². The van der Waals surface area contributed by atoms with E-state index in [1.807, 2.05) is 18.3 Å². The van der Waals surface area contributed by atoms with E-state index in [0.29, 0.717) is 5.92 Å². The molecule has 0 fully saturated rings. The summed E-state index contributed by atoms with van der Waals surface area (Å²) in [5.74, 6) is 1.61. The van der Waals surface area contributed by atoms with Crippen LogP contribution in [0.15, 0.2) is 18.3 Å². The predicted molar refractivity (Wildman–Crippen MR) is 78.2 cm³/mol. The smallest absolute Gasteiger partial charge is 0.203 e. The van der Waals surface area contributed by atoms with Crippen molar-refractivity contribution >= 4 is 17.3 Å². The van der Waals surface area contributed by atoms with E-state index >= 15 is 0 Å². The number of hydrogen-bond donors (Lipinski definition) is 1. The van der Waals surface area contributed by atoms with E-state index in [1.165, 1.54) is 9.75 Å². The van der Waals surface area contributed by atoms with Gasteiger partial charge in [-0.15, -0.1) is 11.3 Å². The Hall–Kier alpha value is -1.29. The molecule has 0 aromatic carbocycles. The van der Waals surface area contributed by atoms with Crippen LogP contribution in [0.2, 0.25) is 0 Å². The highest BCUT2D eigenvalue weighted by Gasteiger charge is 2.07. The number of hydrogen-bond acceptors (Lipinski definition) is 3. The Kier molecular flexibility index (Phi) is 4.07. The monoisotopic (exact) mass is 263 g/mol. The Labute approximate surface area is 113 Å². The van der Waals surface area contributed by atoms with Crippen LogP contribution in [-0.4, -0.2) is 9.55 Å². The molecule has 0 amide bonds. The predicted octanol–water partition coefficient (Wildman–Crippen LogP) is 3.83. The fourth-order valence-electron chi connectivity index (χ4n) is 1.97. The van der Waals surface area contributed by atoms with Gasteiger partial charge in [-0.2, -0.15) is 0 Å². The molecule has 4 heteroatoms. The number of aryl methyl sites for hydroxylation is 2. The normalized spacial score (nSPS) is 11.2. The van der Waals surface area contributed by atoms with E-state index in [1.54, 1.807) is 0 Å². The lowest BCUT2D eigenvalue weighted by Gasteiger charge is -2.11. The number of nitrogens with one attached hydrogen (secondary N) is 1. The molecule has 0 radical (unpaired) electrons. The van der Waals surface area contributed by atoms with Gasteiger partial charge in [0.25, 0.3) is 0 Å². The van der Waals surface area contributed by atoms with Crippen molar-refractivity contribution in [2.75, 3.05) is 5.32 Å². The molecule has 2 aromatic heterocycles. The molecule has 0 aliphatic carbocycles. The molecule has 0 aliphatic rings. The van der Waals surface area contributed by atoms with E-state index in [4.69, 9.17) is 0 Å². The maximum absolute atomic E-state index is 4.54. The topological polar surface area (TPSA) is 29.9 Å². The molecule has 0 saturated heterocycles. The van der Waals surface area contributed by atoms with Crippen LogP contribution >= 0.6 is 11.3 Å². The fraction of sp³-hybridized carbons (Fsp3) is 0.500. The van der Waals surface area contributed by atoms with Crippen molar-refractivity contribution in [2.24, 2.45) is 5.92 Å². The molecule has 98 valence electrons. The molecule has 2 rings (SSSR count). The summed E-state index contributed by atoms with van der Waals surface area (Å²) in [5, 5.41) is 3.43. The van der Waals surface area contributed by atoms with Gasteiger partial charge < -0.3 is 9.88 Å². The highest BCUT2D eigenvalue weighted by atomic mass is 32.1. The molecule has 3 nitrogen and oxygen atoms in total. The number of rotatable bonds is 5. The molecule has 2 aromatic rings. The second-order valence-electron chi connectivity index (χ2n) is 5.12. The quantitative estimate of drug-likeness (QED) is 0.888.